The highest BCUT2D eigenvalue weighted by atomic mass is 16.5. The maximum absolute atomic E-state index is 11.9. The van der Waals surface area contributed by atoms with Gasteiger partial charge in [0.1, 0.15) is 5.82 Å². The van der Waals surface area contributed by atoms with Crippen molar-refractivity contribution in [3.8, 4) is 11.5 Å². The Morgan fingerprint density at radius 3 is 2.52 bits per heavy atom. The van der Waals surface area contributed by atoms with E-state index < -0.39 is 11.6 Å². The Balaban J connectivity index is 1.78. The number of piperidine rings is 1. The Kier molecular flexibility index (Phi) is 4.60. The van der Waals surface area contributed by atoms with Crippen LogP contribution in [0.4, 0.5) is 11.8 Å². The lowest BCUT2D eigenvalue weighted by molar-refractivity contribution is -0.157. The Hall–Kier alpha value is -3.03. The lowest BCUT2D eigenvalue weighted by Crippen LogP contribution is -2.53. The van der Waals surface area contributed by atoms with E-state index in [2.05, 4.69) is 9.97 Å². The van der Waals surface area contributed by atoms with Crippen LogP contribution < -0.4 is 20.1 Å². The fourth-order valence-electron chi connectivity index (χ4n) is 2.86. The van der Waals surface area contributed by atoms with Gasteiger partial charge in [-0.3, -0.25) is 0 Å². The van der Waals surface area contributed by atoms with Crippen LogP contribution in [0, 0.1) is 0 Å². The maximum Gasteiger partial charge on any atom is 0.348 e. The molecule has 2 aromatic rings. The second kappa shape index (κ2) is 6.84. The third-order valence-corrected chi connectivity index (χ3v) is 4.28. The Labute approximate surface area is 145 Å². The smallest absolute Gasteiger partial charge is 0.348 e. The van der Waals surface area contributed by atoms with Crippen molar-refractivity contribution in [3.63, 3.8) is 0 Å². The summed E-state index contributed by atoms with van der Waals surface area (Å²) < 4.78 is 11.2. The SMILES string of the molecule is COc1ccccc1OC1(C(=O)O)CCN(c2nccc(N)n2)CC1. The van der Waals surface area contributed by atoms with Crippen molar-refractivity contribution in [1.29, 1.82) is 0 Å². The number of methoxy groups -OCH3 is 1. The van der Waals surface area contributed by atoms with Crippen LogP contribution in [0.3, 0.4) is 0 Å². The van der Waals surface area contributed by atoms with Gasteiger partial charge in [-0.25, -0.2) is 9.78 Å². The van der Waals surface area contributed by atoms with Crippen LogP contribution in [0.2, 0.25) is 0 Å². The van der Waals surface area contributed by atoms with Crippen LogP contribution in [-0.2, 0) is 4.79 Å². The minimum Gasteiger partial charge on any atom is -0.493 e. The fourth-order valence-corrected chi connectivity index (χ4v) is 2.86. The van der Waals surface area contributed by atoms with Gasteiger partial charge in [-0.2, -0.15) is 4.98 Å². The minimum absolute atomic E-state index is 0.290. The summed E-state index contributed by atoms with van der Waals surface area (Å²) in [6, 6.07) is 8.64. The molecule has 132 valence electrons. The molecule has 0 atom stereocenters. The zero-order chi connectivity index (χ0) is 17.9. The number of rotatable bonds is 5. The highest BCUT2D eigenvalue weighted by Gasteiger charge is 2.45. The summed E-state index contributed by atoms with van der Waals surface area (Å²) in [4.78, 5) is 22.2. The summed E-state index contributed by atoms with van der Waals surface area (Å²) in [5.74, 6) is 0.805. The number of nitrogens with two attached hydrogens (primary N) is 1. The van der Waals surface area contributed by atoms with Gasteiger partial charge in [0, 0.05) is 32.1 Å². The van der Waals surface area contributed by atoms with E-state index in [4.69, 9.17) is 15.2 Å². The van der Waals surface area contributed by atoms with Gasteiger partial charge in [-0.05, 0) is 18.2 Å². The first-order valence-corrected chi connectivity index (χ1v) is 7.93. The molecule has 3 N–H and O–H groups in total. The molecule has 1 saturated heterocycles. The van der Waals surface area contributed by atoms with E-state index in [1.807, 2.05) is 4.90 Å². The number of nitrogen functional groups attached to an aromatic ring is 1. The molecule has 8 nitrogen and oxygen atoms in total. The quantitative estimate of drug-likeness (QED) is 0.841. The van der Waals surface area contributed by atoms with Crippen molar-refractivity contribution < 1.29 is 19.4 Å². The van der Waals surface area contributed by atoms with E-state index in [9.17, 15) is 9.90 Å². The monoisotopic (exact) mass is 344 g/mol. The first-order valence-electron chi connectivity index (χ1n) is 7.93. The first-order chi connectivity index (χ1) is 12.0. The Morgan fingerprint density at radius 1 is 1.24 bits per heavy atom. The van der Waals surface area contributed by atoms with E-state index in [1.54, 1.807) is 36.5 Å². The van der Waals surface area contributed by atoms with Gasteiger partial charge in [-0.15, -0.1) is 0 Å². The van der Waals surface area contributed by atoms with Gasteiger partial charge in [0.25, 0.3) is 0 Å². The summed E-state index contributed by atoms with van der Waals surface area (Å²) in [5.41, 5.74) is 4.38. The van der Waals surface area contributed by atoms with E-state index in [0.29, 0.717) is 49.2 Å². The van der Waals surface area contributed by atoms with Gasteiger partial charge in [0.2, 0.25) is 11.5 Å². The topological polar surface area (TPSA) is 111 Å². The number of hydrogen-bond acceptors (Lipinski definition) is 7. The van der Waals surface area contributed by atoms with Crippen LogP contribution in [0.1, 0.15) is 12.8 Å². The molecule has 1 aliphatic heterocycles. The third kappa shape index (κ3) is 3.42. The summed E-state index contributed by atoms with van der Waals surface area (Å²) >= 11 is 0. The molecule has 2 heterocycles. The van der Waals surface area contributed by atoms with Crippen molar-refractivity contribution in [2.45, 2.75) is 18.4 Å². The lowest BCUT2D eigenvalue weighted by Gasteiger charge is -2.39. The van der Waals surface area contributed by atoms with Crippen LogP contribution in [0.15, 0.2) is 36.5 Å². The number of aromatic nitrogens is 2. The highest BCUT2D eigenvalue weighted by molar-refractivity contribution is 5.78. The normalized spacial score (nSPS) is 16.3. The summed E-state index contributed by atoms with van der Waals surface area (Å²) in [6.45, 7) is 0.899. The molecule has 1 fully saturated rings. The molecule has 25 heavy (non-hydrogen) atoms. The average molecular weight is 344 g/mol. The van der Waals surface area contributed by atoms with Gasteiger partial charge in [0.15, 0.2) is 11.5 Å². The molecule has 0 bridgehead atoms. The molecule has 3 rings (SSSR count). The molecule has 1 aromatic carbocycles. The second-order valence-corrected chi connectivity index (χ2v) is 5.82. The van der Waals surface area contributed by atoms with Crippen molar-refractivity contribution in [3.05, 3.63) is 36.5 Å². The summed E-state index contributed by atoms with van der Waals surface area (Å²) in [6.07, 6.45) is 2.17. The van der Waals surface area contributed by atoms with Gasteiger partial charge >= 0.3 is 5.97 Å². The van der Waals surface area contributed by atoms with Crippen molar-refractivity contribution in [2.75, 3.05) is 30.8 Å². The highest BCUT2D eigenvalue weighted by Crippen LogP contribution is 2.35. The minimum atomic E-state index is -1.31. The third-order valence-electron chi connectivity index (χ3n) is 4.28. The molecule has 0 spiro atoms. The van der Waals surface area contributed by atoms with Crippen LogP contribution in [-0.4, -0.2) is 46.8 Å². The lowest BCUT2D eigenvalue weighted by atomic mass is 9.91. The second-order valence-electron chi connectivity index (χ2n) is 5.82. The average Bonchev–Trinajstić information content (AvgIpc) is 2.62. The number of ether oxygens (including phenoxy) is 2. The van der Waals surface area contributed by atoms with E-state index >= 15 is 0 Å². The molecule has 1 aromatic heterocycles. The van der Waals surface area contributed by atoms with Crippen molar-refractivity contribution in [2.24, 2.45) is 0 Å². The number of benzene rings is 1. The largest absolute Gasteiger partial charge is 0.493 e. The van der Waals surface area contributed by atoms with Crippen molar-refractivity contribution >= 4 is 17.7 Å². The predicted octanol–water partition coefficient (Wildman–Crippen LogP) is 1.57. The molecule has 0 amide bonds. The fraction of sp³-hybridized carbons (Fsp3) is 0.353. The number of carboxylic acids is 1. The zero-order valence-corrected chi connectivity index (χ0v) is 13.9. The van der Waals surface area contributed by atoms with Gasteiger partial charge in [0.05, 0.1) is 7.11 Å². The zero-order valence-electron chi connectivity index (χ0n) is 13.9. The maximum atomic E-state index is 11.9. The molecule has 0 saturated carbocycles. The number of nitrogens with zero attached hydrogens (tertiary/aromatic N) is 3. The van der Waals surface area contributed by atoms with E-state index in [0.717, 1.165) is 0 Å². The molecular weight excluding hydrogens is 324 g/mol. The molecule has 8 heteroatoms. The summed E-state index contributed by atoms with van der Waals surface area (Å²) in [5, 5.41) is 9.78. The number of hydrogen-bond donors (Lipinski definition) is 2. The van der Waals surface area contributed by atoms with Gasteiger partial charge in [-0.1, -0.05) is 12.1 Å². The molecular formula is C17H20N4O4. The molecule has 0 radical (unpaired) electrons. The van der Waals surface area contributed by atoms with Crippen molar-refractivity contribution in [1.82, 2.24) is 9.97 Å². The number of anilines is 2. The number of carbonyl (C=O) groups is 1. The van der Waals surface area contributed by atoms with Crippen LogP contribution in [0.5, 0.6) is 11.5 Å². The van der Waals surface area contributed by atoms with Gasteiger partial charge < -0.3 is 25.2 Å². The van der Waals surface area contributed by atoms with E-state index in [-0.39, 0.29) is 0 Å². The first kappa shape index (κ1) is 16.8. The summed E-state index contributed by atoms with van der Waals surface area (Å²) in [7, 11) is 1.52. The van der Waals surface area contributed by atoms with E-state index in [1.165, 1.54) is 7.11 Å². The number of aliphatic carboxylic acids is 1. The Bertz CT molecular complexity index is 760. The number of carboxylic acid groups (broad SMARTS) is 1. The molecule has 0 unspecified atom stereocenters. The molecule has 0 aliphatic carbocycles. The number of para-hydroxylation sites is 2. The Morgan fingerprint density at radius 2 is 1.92 bits per heavy atom. The van der Waals surface area contributed by atoms with Crippen LogP contribution >= 0.6 is 0 Å². The predicted molar refractivity (Wildman–Crippen MR) is 91.9 cm³/mol. The molecule has 1 aliphatic rings. The standard InChI is InChI=1S/C17H20N4O4/c1-24-12-4-2-3-5-13(12)25-17(15(22)23)7-10-21(11-8-17)16-19-9-6-14(18)20-16/h2-6,9H,7-8,10-11H2,1H3,(H,22,23)(H2,18,19,20). The van der Waals surface area contributed by atoms with Crippen LogP contribution in [0.25, 0.3) is 0 Å².